The first-order valence-electron chi connectivity index (χ1n) is 9.97. The van der Waals surface area contributed by atoms with Gasteiger partial charge in [-0.2, -0.15) is 0 Å². The zero-order valence-corrected chi connectivity index (χ0v) is 19.9. The Hall–Kier alpha value is -3.52. The maximum atomic E-state index is 13.1. The Morgan fingerprint density at radius 2 is 1.44 bits per heavy atom. The highest BCUT2D eigenvalue weighted by atomic mass is 35.5. The number of carbonyl (C=O) groups excluding carboxylic acids is 3. The Bertz CT molecular complexity index is 1430. The fraction of sp³-hybridized carbons (Fsp3) is 0.0417. The van der Waals surface area contributed by atoms with Crippen LogP contribution >= 0.6 is 34.8 Å². The third-order valence-corrected chi connectivity index (χ3v) is 5.88. The van der Waals surface area contributed by atoms with Crippen molar-refractivity contribution in [2.75, 3.05) is 16.1 Å². The topological polar surface area (TPSA) is 92.2 Å². The Kier molecular flexibility index (Phi) is 6.79. The van der Waals surface area contributed by atoms with Gasteiger partial charge in [-0.05, 0) is 61.5 Å². The van der Waals surface area contributed by atoms with Gasteiger partial charge in [0.25, 0.3) is 5.91 Å². The molecule has 0 aliphatic rings. The molecule has 3 aromatic carbocycles. The van der Waals surface area contributed by atoms with Crippen LogP contribution in [0.15, 0.2) is 66.7 Å². The van der Waals surface area contributed by atoms with E-state index in [9.17, 15) is 14.4 Å². The van der Waals surface area contributed by atoms with E-state index >= 15 is 0 Å². The van der Waals surface area contributed by atoms with Crippen molar-refractivity contribution in [2.45, 2.75) is 6.92 Å². The average Bonchev–Trinajstić information content (AvgIpc) is 3.15. The first kappa shape index (κ1) is 23.6. The third-order valence-electron chi connectivity index (χ3n) is 4.90. The van der Waals surface area contributed by atoms with Crippen LogP contribution in [0.3, 0.4) is 0 Å². The van der Waals surface area contributed by atoms with Crippen LogP contribution in [-0.4, -0.2) is 22.4 Å². The summed E-state index contributed by atoms with van der Waals surface area (Å²) >= 11 is 18.1. The molecule has 0 radical (unpaired) electrons. The van der Waals surface area contributed by atoms with Gasteiger partial charge in [-0.3, -0.25) is 19.8 Å². The second kappa shape index (κ2) is 9.77. The minimum atomic E-state index is -0.961. The van der Waals surface area contributed by atoms with E-state index in [4.69, 9.17) is 34.8 Å². The molecule has 0 atom stereocenters. The molecule has 34 heavy (non-hydrogen) atoms. The summed E-state index contributed by atoms with van der Waals surface area (Å²) in [6.07, 6.45) is 0. The van der Waals surface area contributed by atoms with E-state index in [1.165, 1.54) is 10.7 Å². The van der Waals surface area contributed by atoms with Crippen LogP contribution in [0.2, 0.25) is 15.1 Å². The highest BCUT2D eigenvalue weighted by Gasteiger charge is 2.21. The number of fused-ring (bicyclic) bond motifs is 1. The summed E-state index contributed by atoms with van der Waals surface area (Å²) in [6, 6.07) is 18.0. The number of hydrogen-bond donors (Lipinski definition) is 3. The summed E-state index contributed by atoms with van der Waals surface area (Å²) < 4.78 is 1.23. The molecule has 0 aliphatic heterocycles. The fourth-order valence-corrected chi connectivity index (χ4v) is 3.70. The molecule has 10 heteroatoms. The van der Waals surface area contributed by atoms with Gasteiger partial charge in [-0.1, -0.05) is 52.5 Å². The van der Waals surface area contributed by atoms with Gasteiger partial charge in [0.1, 0.15) is 5.69 Å². The minimum absolute atomic E-state index is 0.0693. The van der Waals surface area contributed by atoms with E-state index in [0.717, 1.165) is 5.56 Å². The molecule has 0 bridgehead atoms. The number of rotatable bonds is 4. The van der Waals surface area contributed by atoms with Gasteiger partial charge in [0.2, 0.25) is 0 Å². The van der Waals surface area contributed by atoms with Gasteiger partial charge >= 0.3 is 11.8 Å². The Balaban J connectivity index is 1.62. The number of hydrogen-bond acceptors (Lipinski definition) is 3. The quantitative estimate of drug-likeness (QED) is 0.297. The van der Waals surface area contributed by atoms with Crippen molar-refractivity contribution in [3.05, 3.63) is 93.1 Å². The highest BCUT2D eigenvalue weighted by molar-refractivity contribution is 6.43. The van der Waals surface area contributed by atoms with Gasteiger partial charge in [-0.15, -0.1) is 0 Å². The Morgan fingerprint density at radius 3 is 2.15 bits per heavy atom. The normalized spacial score (nSPS) is 10.7. The summed E-state index contributed by atoms with van der Waals surface area (Å²) in [6.45, 7) is 1.91. The van der Waals surface area contributed by atoms with Crippen molar-refractivity contribution in [3.8, 4) is 0 Å². The smallest absolute Gasteiger partial charge is 0.321 e. The van der Waals surface area contributed by atoms with E-state index in [0.29, 0.717) is 32.3 Å². The number of aryl methyl sites for hydroxylation is 1. The second-order valence-corrected chi connectivity index (χ2v) is 8.66. The van der Waals surface area contributed by atoms with Crippen LogP contribution in [0.1, 0.15) is 16.1 Å². The second-order valence-electron chi connectivity index (χ2n) is 7.41. The lowest BCUT2D eigenvalue weighted by molar-refractivity contribution is -0.133. The average molecular weight is 516 g/mol. The first-order valence-corrected chi connectivity index (χ1v) is 11.1. The molecule has 172 valence electrons. The van der Waals surface area contributed by atoms with E-state index in [1.807, 2.05) is 19.1 Å². The number of benzene rings is 3. The van der Waals surface area contributed by atoms with Crippen molar-refractivity contribution in [1.29, 1.82) is 0 Å². The SMILES string of the molecule is Cc1ccc(NC(=O)C(=O)Nn2c(C(=O)Nc3ccc(Cl)c(Cl)c3)cc3cc(Cl)ccc32)cc1. The van der Waals surface area contributed by atoms with Crippen molar-refractivity contribution >= 4 is 74.8 Å². The lowest BCUT2D eigenvalue weighted by Gasteiger charge is -2.13. The van der Waals surface area contributed by atoms with Crippen LogP contribution in [0.4, 0.5) is 11.4 Å². The van der Waals surface area contributed by atoms with E-state index in [1.54, 1.807) is 48.5 Å². The van der Waals surface area contributed by atoms with E-state index < -0.39 is 17.7 Å². The fourth-order valence-electron chi connectivity index (χ4n) is 3.22. The number of aromatic nitrogens is 1. The molecule has 1 aromatic heterocycles. The van der Waals surface area contributed by atoms with Crippen LogP contribution in [0.25, 0.3) is 10.9 Å². The third kappa shape index (κ3) is 5.17. The largest absolute Gasteiger partial charge is 0.328 e. The molecule has 0 saturated carbocycles. The van der Waals surface area contributed by atoms with Gasteiger partial charge in [0.05, 0.1) is 15.6 Å². The number of halogens is 3. The summed E-state index contributed by atoms with van der Waals surface area (Å²) in [5.41, 5.74) is 4.91. The molecular formula is C24H17Cl3N4O3. The van der Waals surface area contributed by atoms with Crippen molar-refractivity contribution < 1.29 is 14.4 Å². The molecule has 3 N–H and O–H groups in total. The maximum absolute atomic E-state index is 13.1. The Morgan fingerprint density at radius 1 is 0.735 bits per heavy atom. The van der Waals surface area contributed by atoms with Gasteiger partial charge < -0.3 is 10.6 Å². The summed E-state index contributed by atoms with van der Waals surface area (Å²) in [7, 11) is 0. The van der Waals surface area contributed by atoms with E-state index in [-0.39, 0.29) is 10.7 Å². The zero-order valence-electron chi connectivity index (χ0n) is 17.7. The van der Waals surface area contributed by atoms with Crippen molar-refractivity contribution in [2.24, 2.45) is 0 Å². The molecule has 4 rings (SSSR count). The first-order chi connectivity index (χ1) is 16.2. The van der Waals surface area contributed by atoms with Crippen molar-refractivity contribution in [1.82, 2.24) is 4.68 Å². The van der Waals surface area contributed by atoms with Crippen LogP contribution in [0, 0.1) is 6.92 Å². The number of carbonyl (C=O) groups is 3. The lowest BCUT2D eigenvalue weighted by Crippen LogP contribution is -2.36. The summed E-state index contributed by atoms with van der Waals surface area (Å²) in [4.78, 5) is 38.2. The molecule has 1 heterocycles. The molecule has 0 saturated heterocycles. The van der Waals surface area contributed by atoms with Crippen LogP contribution < -0.4 is 16.1 Å². The molecule has 7 nitrogen and oxygen atoms in total. The van der Waals surface area contributed by atoms with Crippen molar-refractivity contribution in [3.63, 3.8) is 0 Å². The molecule has 0 aliphatic carbocycles. The van der Waals surface area contributed by atoms with Gasteiger partial charge in [-0.25, -0.2) is 4.68 Å². The minimum Gasteiger partial charge on any atom is -0.321 e. The standard InChI is InChI=1S/C24H17Cl3N4O3/c1-13-2-5-16(6-3-13)28-23(33)24(34)30-31-20-9-4-15(25)10-14(20)11-21(31)22(32)29-17-7-8-18(26)19(27)12-17/h2-12H,1H3,(H,28,33)(H,29,32)(H,30,34). The summed E-state index contributed by atoms with van der Waals surface area (Å²) in [5.74, 6) is -2.41. The number of anilines is 2. The van der Waals surface area contributed by atoms with Crippen LogP contribution in [0.5, 0.6) is 0 Å². The summed E-state index contributed by atoms with van der Waals surface area (Å²) in [5, 5.41) is 6.88. The van der Waals surface area contributed by atoms with Gasteiger partial charge in [0.15, 0.2) is 0 Å². The predicted octanol–water partition coefficient (Wildman–Crippen LogP) is 5.87. The Labute approximate surface area is 209 Å². The molecular weight excluding hydrogens is 499 g/mol. The monoisotopic (exact) mass is 514 g/mol. The number of amides is 3. The molecule has 0 fully saturated rings. The highest BCUT2D eigenvalue weighted by Crippen LogP contribution is 2.27. The van der Waals surface area contributed by atoms with Crippen LogP contribution in [-0.2, 0) is 9.59 Å². The molecule has 0 unspecified atom stereocenters. The molecule has 4 aromatic rings. The predicted molar refractivity (Wildman–Crippen MR) is 136 cm³/mol. The zero-order chi connectivity index (χ0) is 24.4. The maximum Gasteiger partial charge on any atom is 0.328 e. The molecule has 0 spiro atoms. The van der Waals surface area contributed by atoms with E-state index in [2.05, 4.69) is 16.1 Å². The number of nitrogens with one attached hydrogen (secondary N) is 3. The van der Waals surface area contributed by atoms with Gasteiger partial charge in [0, 0.05) is 21.8 Å². The lowest BCUT2D eigenvalue weighted by atomic mass is 10.2. The molecule has 3 amide bonds. The number of nitrogens with zero attached hydrogens (tertiary/aromatic N) is 1.